The number of hydrogen-bond donors (Lipinski definition) is 1. The molecule has 0 bridgehead atoms. The van der Waals surface area contributed by atoms with Crippen LogP contribution in [0, 0.1) is 11.3 Å². The van der Waals surface area contributed by atoms with E-state index < -0.39 is 5.60 Å². The van der Waals surface area contributed by atoms with Crippen LogP contribution in [-0.4, -0.2) is 46.4 Å². The summed E-state index contributed by atoms with van der Waals surface area (Å²) in [6, 6.07) is 7.66. The molecule has 2 aliphatic rings. The van der Waals surface area contributed by atoms with Gasteiger partial charge in [0, 0.05) is 31.6 Å². The zero-order valence-electron chi connectivity index (χ0n) is 19.2. The zero-order valence-corrected chi connectivity index (χ0v) is 19.2. The van der Waals surface area contributed by atoms with Crippen LogP contribution in [0.1, 0.15) is 84.4 Å². The van der Waals surface area contributed by atoms with E-state index >= 15 is 0 Å². The molecule has 1 fully saturated rings. The molecule has 1 atom stereocenters. The second kappa shape index (κ2) is 9.80. The number of amides is 1. The molecule has 1 aromatic rings. The Bertz CT molecular complexity index is 774. The number of nitrogens with zero attached hydrogens (tertiary/aromatic N) is 2. The van der Waals surface area contributed by atoms with Crippen LogP contribution < -0.4 is 4.74 Å². The first-order valence-corrected chi connectivity index (χ1v) is 10.8. The number of likely N-dealkylation sites (tertiary alicyclic amines) is 1. The Morgan fingerprint density at radius 1 is 1.40 bits per heavy atom. The Balaban J connectivity index is 0.000000274. The van der Waals surface area contributed by atoms with Gasteiger partial charge < -0.3 is 19.5 Å². The van der Waals surface area contributed by atoms with E-state index in [9.17, 15) is 9.90 Å². The summed E-state index contributed by atoms with van der Waals surface area (Å²) in [6.45, 7) is 13.1. The average molecular weight is 417 g/mol. The fourth-order valence-corrected chi connectivity index (χ4v) is 3.71. The predicted molar refractivity (Wildman–Crippen MR) is 116 cm³/mol. The number of aliphatic hydroxyl groups is 1. The fraction of sp³-hybridized carbons (Fsp3) is 0.667. The highest BCUT2D eigenvalue weighted by atomic mass is 16.5. The number of rotatable bonds is 5. The van der Waals surface area contributed by atoms with Crippen LogP contribution >= 0.6 is 0 Å². The predicted octanol–water partition coefficient (Wildman–Crippen LogP) is 4.36. The van der Waals surface area contributed by atoms with Gasteiger partial charge >= 0.3 is 0 Å². The molecule has 30 heavy (non-hydrogen) atoms. The molecule has 0 radical (unpaired) electrons. The Kier molecular flexibility index (Phi) is 7.90. The highest BCUT2D eigenvalue weighted by Crippen LogP contribution is 2.44. The third-order valence-electron chi connectivity index (χ3n) is 5.22. The van der Waals surface area contributed by atoms with Crippen molar-refractivity contribution >= 4 is 5.91 Å². The zero-order chi connectivity index (χ0) is 22.5. The summed E-state index contributed by atoms with van der Waals surface area (Å²) >= 11 is 0. The van der Waals surface area contributed by atoms with Gasteiger partial charge in [0.1, 0.15) is 11.4 Å². The lowest BCUT2D eigenvalue weighted by molar-refractivity contribution is -0.131. The van der Waals surface area contributed by atoms with Crippen molar-refractivity contribution in [2.24, 2.45) is 0 Å². The lowest BCUT2D eigenvalue weighted by Gasteiger charge is -2.41. The standard InChI is InChI=1S/C16H18N2O2.C8H18O2/c1-16(2)9-13(18-7-3-4-15(18)19)12-8-11(10-17)5-6-14(12)20-16;1-7(2)10-6-5-8(3,4)9/h5-6,8,13H,3-4,7,9H2,1-2H3;7,9H,5-6H2,1-4H3. The van der Waals surface area contributed by atoms with Gasteiger partial charge in [0.15, 0.2) is 0 Å². The fourth-order valence-electron chi connectivity index (χ4n) is 3.71. The Morgan fingerprint density at radius 2 is 2.10 bits per heavy atom. The first kappa shape index (κ1) is 24.2. The van der Waals surface area contributed by atoms with Crippen LogP contribution in [0.5, 0.6) is 5.75 Å². The van der Waals surface area contributed by atoms with E-state index in [-0.39, 0.29) is 23.7 Å². The second-order valence-electron chi connectivity index (χ2n) is 9.62. The number of ether oxygens (including phenoxy) is 2. The molecule has 3 rings (SSSR count). The summed E-state index contributed by atoms with van der Waals surface area (Å²) in [6.07, 6.45) is 3.28. The molecule has 1 aromatic carbocycles. The van der Waals surface area contributed by atoms with Gasteiger partial charge in [0.2, 0.25) is 5.91 Å². The smallest absolute Gasteiger partial charge is 0.223 e. The minimum atomic E-state index is -0.588. The third-order valence-corrected chi connectivity index (χ3v) is 5.22. The van der Waals surface area contributed by atoms with Crippen molar-refractivity contribution in [2.45, 2.75) is 90.6 Å². The molecule has 6 nitrogen and oxygen atoms in total. The number of nitriles is 1. The lowest BCUT2D eigenvalue weighted by atomic mass is 9.88. The van der Waals surface area contributed by atoms with Crippen molar-refractivity contribution in [2.75, 3.05) is 13.2 Å². The quantitative estimate of drug-likeness (QED) is 0.771. The Labute approximate surface area is 180 Å². The van der Waals surface area contributed by atoms with Gasteiger partial charge in [0.25, 0.3) is 0 Å². The Morgan fingerprint density at radius 3 is 2.63 bits per heavy atom. The molecule has 2 heterocycles. The number of benzene rings is 1. The van der Waals surface area contributed by atoms with Gasteiger partial charge in [-0.25, -0.2) is 0 Å². The van der Waals surface area contributed by atoms with E-state index in [1.165, 1.54) is 0 Å². The van der Waals surface area contributed by atoms with Crippen LogP contribution in [0.4, 0.5) is 0 Å². The SMILES string of the molecule is CC(C)OCCC(C)(C)O.CC1(C)CC(N2CCCC2=O)c2cc(C#N)ccc2O1. The third kappa shape index (κ3) is 7.00. The average Bonchev–Trinajstić information content (AvgIpc) is 3.05. The van der Waals surface area contributed by atoms with Crippen LogP contribution in [0.15, 0.2) is 18.2 Å². The van der Waals surface area contributed by atoms with Crippen molar-refractivity contribution in [1.29, 1.82) is 5.26 Å². The van der Waals surface area contributed by atoms with E-state index in [4.69, 9.17) is 14.7 Å². The number of fused-ring (bicyclic) bond motifs is 1. The molecule has 1 N–H and O–H groups in total. The second-order valence-corrected chi connectivity index (χ2v) is 9.62. The molecule has 1 amide bonds. The Hall–Kier alpha value is -2.10. The maximum atomic E-state index is 12.1. The maximum Gasteiger partial charge on any atom is 0.223 e. The van der Waals surface area contributed by atoms with E-state index in [1.54, 1.807) is 19.9 Å². The van der Waals surface area contributed by atoms with Gasteiger partial charge in [-0.05, 0) is 72.6 Å². The molecule has 0 spiro atoms. The van der Waals surface area contributed by atoms with Crippen molar-refractivity contribution < 1.29 is 19.4 Å². The van der Waals surface area contributed by atoms with Gasteiger partial charge in [-0.15, -0.1) is 0 Å². The van der Waals surface area contributed by atoms with Gasteiger partial charge in [-0.1, -0.05) is 0 Å². The molecule has 0 aliphatic carbocycles. The van der Waals surface area contributed by atoms with E-state index in [2.05, 4.69) is 6.07 Å². The molecule has 166 valence electrons. The highest BCUT2D eigenvalue weighted by Gasteiger charge is 2.39. The summed E-state index contributed by atoms with van der Waals surface area (Å²) in [5, 5.41) is 18.3. The molecule has 1 unspecified atom stereocenters. The maximum absolute atomic E-state index is 12.1. The lowest BCUT2D eigenvalue weighted by Crippen LogP contribution is -2.42. The summed E-state index contributed by atoms with van der Waals surface area (Å²) in [5.41, 5.74) is 0.700. The van der Waals surface area contributed by atoms with Crippen LogP contribution in [0.3, 0.4) is 0 Å². The summed E-state index contributed by atoms with van der Waals surface area (Å²) < 4.78 is 11.3. The normalized spacial score (nSPS) is 20.2. The van der Waals surface area contributed by atoms with Gasteiger partial charge in [-0.3, -0.25) is 4.79 Å². The molecular formula is C24H36N2O4. The van der Waals surface area contributed by atoms with Gasteiger partial charge in [0.05, 0.1) is 29.4 Å². The molecule has 2 aliphatic heterocycles. The van der Waals surface area contributed by atoms with E-state index in [1.807, 2.05) is 44.7 Å². The highest BCUT2D eigenvalue weighted by molar-refractivity contribution is 5.78. The first-order valence-electron chi connectivity index (χ1n) is 10.8. The largest absolute Gasteiger partial charge is 0.487 e. The molecule has 0 saturated carbocycles. The minimum absolute atomic E-state index is 0.0250. The van der Waals surface area contributed by atoms with Crippen molar-refractivity contribution in [3.63, 3.8) is 0 Å². The molecule has 0 aromatic heterocycles. The molecular weight excluding hydrogens is 380 g/mol. The minimum Gasteiger partial charge on any atom is -0.487 e. The van der Waals surface area contributed by atoms with E-state index in [0.717, 1.165) is 30.7 Å². The van der Waals surface area contributed by atoms with Crippen molar-refractivity contribution in [3.8, 4) is 11.8 Å². The number of carbonyl (C=O) groups excluding carboxylic acids is 1. The van der Waals surface area contributed by atoms with Crippen LogP contribution in [0.2, 0.25) is 0 Å². The summed E-state index contributed by atoms with van der Waals surface area (Å²) in [7, 11) is 0. The monoisotopic (exact) mass is 416 g/mol. The van der Waals surface area contributed by atoms with Crippen molar-refractivity contribution in [1.82, 2.24) is 4.90 Å². The molecule has 6 heteroatoms. The van der Waals surface area contributed by atoms with Crippen LogP contribution in [-0.2, 0) is 9.53 Å². The first-order chi connectivity index (χ1) is 13.9. The van der Waals surface area contributed by atoms with Gasteiger partial charge in [-0.2, -0.15) is 5.26 Å². The van der Waals surface area contributed by atoms with E-state index in [0.29, 0.717) is 25.0 Å². The topological polar surface area (TPSA) is 82.8 Å². The number of hydrogen-bond acceptors (Lipinski definition) is 5. The van der Waals surface area contributed by atoms with Crippen molar-refractivity contribution in [3.05, 3.63) is 29.3 Å². The van der Waals surface area contributed by atoms with Crippen LogP contribution in [0.25, 0.3) is 0 Å². The summed E-state index contributed by atoms with van der Waals surface area (Å²) in [4.78, 5) is 14.0. The number of carbonyl (C=O) groups is 1. The summed E-state index contributed by atoms with van der Waals surface area (Å²) in [5.74, 6) is 1.01. The molecule has 1 saturated heterocycles.